The lowest BCUT2D eigenvalue weighted by Crippen LogP contribution is -2.41. The molecule has 0 radical (unpaired) electrons. The summed E-state index contributed by atoms with van der Waals surface area (Å²) in [5.74, 6) is 1.35. The van der Waals surface area contributed by atoms with Gasteiger partial charge in [-0.1, -0.05) is 19.1 Å². The van der Waals surface area contributed by atoms with E-state index in [1.807, 2.05) is 12.3 Å². The van der Waals surface area contributed by atoms with Crippen molar-refractivity contribution in [2.75, 3.05) is 0 Å². The molecule has 0 saturated heterocycles. The van der Waals surface area contributed by atoms with Crippen LogP contribution in [0.5, 0.6) is 0 Å². The monoisotopic (exact) mass is 460 g/mol. The first-order valence-electron chi connectivity index (χ1n) is 12.9. The number of nitrogens with zero attached hydrogens (tertiary/aromatic N) is 1. The van der Waals surface area contributed by atoms with Crippen molar-refractivity contribution in [3.05, 3.63) is 70.8 Å². The van der Waals surface area contributed by atoms with Crippen LogP contribution in [0.3, 0.4) is 0 Å². The third-order valence-corrected chi connectivity index (χ3v) is 9.38. The minimum atomic E-state index is -0.424. The fourth-order valence-corrected chi connectivity index (χ4v) is 7.66. The molecular formula is C29H33FN2O2. The minimum Gasteiger partial charge on any atom is -0.391 e. The van der Waals surface area contributed by atoms with Crippen molar-refractivity contribution in [3.63, 3.8) is 0 Å². The maximum atomic E-state index is 13.9. The number of allylic oxidation sites excluding steroid dienone is 2. The summed E-state index contributed by atoms with van der Waals surface area (Å²) in [5.41, 5.74) is 5.70. The van der Waals surface area contributed by atoms with E-state index in [9.17, 15) is 14.3 Å². The number of halogens is 1. The molecule has 2 fully saturated rings. The predicted molar refractivity (Wildman–Crippen MR) is 130 cm³/mol. The van der Waals surface area contributed by atoms with Gasteiger partial charge in [-0.3, -0.25) is 9.78 Å². The number of carbonyl (C=O) groups excluding carboxylic acids is 1. The second kappa shape index (κ2) is 8.30. The molecule has 34 heavy (non-hydrogen) atoms. The number of nitrogens with one attached hydrogen (secondary N) is 1. The molecule has 4 aliphatic rings. The standard InChI is InChI=1S/C29H33FN2O2/c1-29-12-11-22-21-7-6-18(28(34)32-26-3-2-4-27(26)33)13-17(21)5-8-23(22)25(29)10-9-24(29)19-14-20(30)16-31-15-19/h6-7,9,13-16,22-23,25-27,33H,2-5,8,10-12H2,1H3,(H,32,34). The molecule has 2 aromatic rings. The molecule has 6 atom stereocenters. The first-order chi connectivity index (χ1) is 16.4. The number of rotatable bonds is 3. The Morgan fingerprint density at radius 1 is 1.18 bits per heavy atom. The maximum absolute atomic E-state index is 13.9. The normalized spacial score (nSPS) is 34.1. The molecule has 1 aromatic heterocycles. The van der Waals surface area contributed by atoms with Crippen LogP contribution in [0.4, 0.5) is 4.39 Å². The summed E-state index contributed by atoms with van der Waals surface area (Å²) in [7, 11) is 0. The molecule has 6 rings (SSSR count). The van der Waals surface area contributed by atoms with Crippen LogP contribution >= 0.6 is 0 Å². The topological polar surface area (TPSA) is 62.2 Å². The van der Waals surface area contributed by atoms with E-state index in [4.69, 9.17) is 0 Å². The van der Waals surface area contributed by atoms with Crippen LogP contribution in [-0.4, -0.2) is 28.1 Å². The van der Waals surface area contributed by atoms with E-state index in [1.165, 1.54) is 22.9 Å². The van der Waals surface area contributed by atoms with Gasteiger partial charge in [0, 0.05) is 11.8 Å². The highest BCUT2D eigenvalue weighted by Gasteiger charge is 2.52. The molecule has 6 unspecified atom stereocenters. The largest absolute Gasteiger partial charge is 0.391 e. The number of carbonyl (C=O) groups is 1. The molecule has 1 aromatic carbocycles. The fourth-order valence-electron chi connectivity index (χ4n) is 7.66. The second-order valence-corrected chi connectivity index (χ2v) is 11.1. The Bertz CT molecular complexity index is 1160. The van der Waals surface area contributed by atoms with Crippen LogP contribution in [-0.2, 0) is 6.42 Å². The van der Waals surface area contributed by atoms with E-state index in [0.717, 1.165) is 56.9 Å². The zero-order valence-electron chi connectivity index (χ0n) is 19.8. The van der Waals surface area contributed by atoms with Crippen LogP contribution in [0, 0.1) is 23.1 Å². The summed E-state index contributed by atoms with van der Waals surface area (Å²) in [4.78, 5) is 16.9. The summed E-state index contributed by atoms with van der Waals surface area (Å²) >= 11 is 0. The Labute approximate surface area is 200 Å². The van der Waals surface area contributed by atoms with Gasteiger partial charge in [0.05, 0.1) is 18.3 Å². The molecule has 0 bridgehead atoms. The lowest BCUT2D eigenvalue weighted by molar-refractivity contribution is 0.0867. The van der Waals surface area contributed by atoms with E-state index in [2.05, 4.69) is 35.4 Å². The third kappa shape index (κ3) is 3.51. The number of benzene rings is 1. The van der Waals surface area contributed by atoms with E-state index in [-0.39, 0.29) is 23.2 Å². The number of aromatic nitrogens is 1. The fraction of sp³-hybridized carbons (Fsp3) is 0.517. The number of aliphatic hydroxyl groups is 1. The van der Waals surface area contributed by atoms with Gasteiger partial charge in [0.1, 0.15) is 5.82 Å². The molecule has 0 spiro atoms. The number of pyridine rings is 1. The average Bonchev–Trinajstić information content (AvgIpc) is 3.40. The number of amides is 1. The van der Waals surface area contributed by atoms with Crippen molar-refractivity contribution >= 4 is 11.5 Å². The van der Waals surface area contributed by atoms with Crippen molar-refractivity contribution in [1.82, 2.24) is 10.3 Å². The van der Waals surface area contributed by atoms with Gasteiger partial charge in [-0.25, -0.2) is 4.39 Å². The summed E-state index contributed by atoms with van der Waals surface area (Å²) in [6.45, 7) is 2.37. The summed E-state index contributed by atoms with van der Waals surface area (Å²) in [6.07, 6.45) is 13.0. The van der Waals surface area contributed by atoms with Crippen molar-refractivity contribution in [2.24, 2.45) is 17.3 Å². The van der Waals surface area contributed by atoms with Gasteiger partial charge in [0.15, 0.2) is 0 Å². The van der Waals surface area contributed by atoms with Crippen molar-refractivity contribution in [2.45, 2.75) is 76.4 Å². The summed E-state index contributed by atoms with van der Waals surface area (Å²) in [5, 5.41) is 13.1. The van der Waals surface area contributed by atoms with Crippen molar-refractivity contribution < 1.29 is 14.3 Å². The van der Waals surface area contributed by atoms with Gasteiger partial charge in [-0.05, 0) is 115 Å². The van der Waals surface area contributed by atoms with E-state index < -0.39 is 6.10 Å². The number of hydrogen-bond donors (Lipinski definition) is 2. The number of hydrogen-bond acceptors (Lipinski definition) is 3. The molecule has 2 saturated carbocycles. The van der Waals surface area contributed by atoms with Crippen LogP contribution in [0.25, 0.3) is 5.57 Å². The van der Waals surface area contributed by atoms with E-state index in [0.29, 0.717) is 23.3 Å². The molecule has 2 N–H and O–H groups in total. The molecule has 4 aliphatic carbocycles. The first kappa shape index (κ1) is 22.0. The highest BCUT2D eigenvalue weighted by atomic mass is 19.1. The molecular weight excluding hydrogens is 427 g/mol. The highest BCUT2D eigenvalue weighted by Crippen LogP contribution is 2.63. The van der Waals surface area contributed by atoms with Crippen LogP contribution in [0.1, 0.15) is 84.8 Å². The van der Waals surface area contributed by atoms with Crippen LogP contribution in [0.15, 0.2) is 42.7 Å². The highest BCUT2D eigenvalue weighted by molar-refractivity contribution is 5.94. The van der Waals surface area contributed by atoms with Gasteiger partial charge >= 0.3 is 0 Å². The minimum absolute atomic E-state index is 0.0656. The molecule has 4 nitrogen and oxygen atoms in total. The lowest BCUT2D eigenvalue weighted by Gasteiger charge is -2.50. The molecule has 0 aliphatic heterocycles. The third-order valence-electron chi connectivity index (χ3n) is 9.38. The lowest BCUT2D eigenvalue weighted by atomic mass is 9.54. The van der Waals surface area contributed by atoms with Crippen molar-refractivity contribution in [3.8, 4) is 0 Å². The zero-order chi connectivity index (χ0) is 23.4. The quantitative estimate of drug-likeness (QED) is 0.644. The summed E-state index contributed by atoms with van der Waals surface area (Å²) < 4.78 is 13.9. The Morgan fingerprint density at radius 2 is 2.06 bits per heavy atom. The average molecular weight is 461 g/mol. The molecule has 1 heterocycles. The van der Waals surface area contributed by atoms with Crippen LogP contribution in [0.2, 0.25) is 0 Å². The Hall–Kier alpha value is -2.53. The second-order valence-electron chi connectivity index (χ2n) is 11.1. The SMILES string of the molecule is CC12CCC3c4ccc(C(=O)NC5CCCC5O)cc4CCC3C1CC=C2c1cncc(F)c1. The first-order valence-corrected chi connectivity index (χ1v) is 12.9. The maximum Gasteiger partial charge on any atom is 0.251 e. The van der Waals surface area contributed by atoms with E-state index >= 15 is 0 Å². The Balaban J connectivity index is 1.22. The Kier molecular flexibility index (Phi) is 5.36. The zero-order valence-corrected chi connectivity index (χ0v) is 19.8. The molecule has 178 valence electrons. The van der Waals surface area contributed by atoms with E-state index in [1.54, 1.807) is 6.07 Å². The van der Waals surface area contributed by atoms with Gasteiger partial charge in [-0.15, -0.1) is 0 Å². The van der Waals surface area contributed by atoms with Gasteiger partial charge in [0.25, 0.3) is 5.91 Å². The number of fused-ring (bicyclic) bond motifs is 5. The van der Waals surface area contributed by atoms with Gasteiger partial charge < -0.3 is 10.4 Å². The van der Waals surface area contributed by atoms with Gasteiger partial charge in [0.2, 0.25) is 0 Å². The van der Waals surface area contributed by atoms with Crippen molar-refractivity contribution in [1.29, 1.82) is 0 Å². The molecule has 5 heteroatoms. The number of aliphatic hydroxyl groups excluding tert-OH is 1. The summed E-state index contributed by atoms with van der Waals surface area (Å²) in [6, 6.07) is 7.76. The van der Waals surface area contributed by atoms with Crippen LogP contribution < -0.4 is 5.32 Å². The predicted octanol–water partition coefficient (Wildman–Crippen LogP) is 5.41. The Morgan fingerprint density at radius 3 is 2.85 bits per heavy atom. The number of aryl methyl sites for hydroxylation is 1. The molecule has 1 amide bonds. The van der Waals surface area contributed by atoms with Gasteiger partial charge in [-0.2, -0.15) is 0 Å². The smallest absolute Gasteiger partial charge is 0.251 e.